The third-order valence-electron chi connectivity index (χ3n) is 1.16. The van der Waals surface area contributed by atoms with Crippen LogP contribution in [0.5, 0.6) is 0 Å². The third kappa shape index (κ3) is 4.64. The molecule has 0 saturated carbocycles. The first-order valence-corrected chi connectivity index (χ1v) is 3.53. The van der Waals surface area contributed by atoms with Crippen LogP contribution in [0.2, 0.25) is 0 Å². The molecule has 0 rings (SSSR count). The standard InChI is InChI=1S/C6H13N3O3/c1-2-4(7)6(11)9-12-3-5(8)10/h4H,2-3,7H2,1H3,(H2,8,10)(H,9,11)/t4-/m1/s1. The largest absolute Gasteiger partial charge is 0.368 e. The predicted molar refractivity (Wildman–Crippen MR) is 41.6 cm³/mol. The SMILES string of the molecule is CC[C@@H](N)C(=O)NOCC(N)=O. The van der Waals surface area contributed by atoms with Crippen LogP contribution in [0, 0.1) is 0 Å². The Morgan fingerprint density at radius 2 is 2.17 bits per heavy atom. The summed E-state index contributed by atoms with van der Waals surface area (Å²) in [6.07, 6.45) is 0.506. The maximum Gasteiger partial charge on any atom is 0.260 e. The lowest BCUT2D eigenvalue weighted by Gasteiger charge is -2.08. The number of carbonyl (C=O) groups excluding carboxylic acids is 2. The molecule has 6 nitrogen and oxygen atoms in total. The minimum absolute atomic E-state index is 0.345. The molecule has 0 aliphatic rings. The van der Waals surface area contributed by atoms with Crippen molar-refractivity contribution < 1.29 is 14.4 Å². The Hall–Kier alpha value is -1.14. The van der Waals surface area contributed by atoms with Gasteiger partial charge in [-0.05, 0) is 6.42 Å². The summed E-state index contributed by atoms with van der Waals surface area (Å²) in [4.78, 5) is 25.4. The molecule has 2 amide bonds. The monoisotopic (exact) mass is 175 g/mol. The van der Waals surface area contributed by atoms with Gasteiger partial charge in [0.05, 0.1) is 6.04 Å². The van der Waals surface area contributed by atoms with Gasteiger partial charge in [0.25, 0.3) is 5.91 Å². The fraction of sp³-hybridized carbons (Fsp3) is 0.667. The van der Waals surface area contributed by atoms with Gasteiger partial charge >= 0.3 is 0 Å². The van der Waals surface area contributed by atoms with Crippen LogP contribution in [-0.2, 0) is 14.4 Å². The molecule has 0 radical (unpaired) electrons. The van der Waals surface area contributed by atoms with Gasteiger partial charge in [-0.2, -0.15) is 0 Å². The molecule has 1 atom stereocenters. The maximum absolute atomic E-state index is 10.8. The van der Waals surface area contributed by atoms with Gasteiger partial charge in [0, 0.05) is 0 Å². The van der Waals surface area contributed by atoms with Crippen LogP contribution in [0.1, 0.15) is 13.3 Å². The Balaban J connectivity index is 3.50. The van der Waals surface area contributed by atoms with Gasteiger partial charge in [-0.3, -0.25) is 14.4 Å². The highest BCUT2D eigenvalue weighted by Crippen LogP contribution is 1.84. The molecule has 70 valence electrons. The van der Waals surface area contributed by atoms with Crippen LogP contribution in [0.3, 0.4) is 0 Å². The number of amides is 2. The zero-order valence-corrected chi connectivity index (χ0v) is 6.87. The number of rotatable bonds is 5. The van der Waals surface area contributed by atoms with Crippen LogP contribution < -0.4 is 16.9 Å². The van der Waals surface area contributed by atoms with Gasteiger partial charge < -0.3 is 11.5 Å². The van der Waals surface area contributed by atoms with Crippen LogP contribution in [-0.4, -0.2) is 24.5 Å². The van der Waals surface area contributed by atoms with Crippen LogP contribution >= 0.6 is 0 Å². The second-order valence-corrected chi connectivity index (χ2v) is 2.24. The van der Waals surface area contributed by atoms with Crippen molar-refractivity contribution in [2.24, 2.45) is 11.5 Å². The minimum atomic E-state index is -0.652. The van der Waals surface area contributed by atoms with E-state index in [1.165, 1.54) is 0 Å². The number of hydrogen-bond acceptors (Lipinski definition) is 4. The molecule has 0 saturated heterocycles. The Morgan fingerprint density at radius 3 is 2.58 bits per heavy atom. The molecule has 0 spiro atoms. The molecule has 12 heavy (non-hydrogen) atoms. The predicted octanol–water partition coefficient (Wildman–Crippen LogP) is -1.74. The van der Waals surface area contributed by atoms with Crippen LogP contribution in [0.25, 0.3) is 0 Å². The molecule has 0 heterocycles. The molecule has 0 aliphatic heterocycles. The summed E-state index contributed by atoms with van der Waals surface area (Å²) in [6, 6.07) is -0.613. The zero-order chi connectivity index (χ0) is 9.56. The quantitative estimate of drug-likeness (QED) is 0.431. The van der Waals surface area contributed by atoms with Gasteiger partial charge in [-0.1, -0.05) is 6.92 Å². The highest BCUT2D eigenvalue weighted by Gasteiger charge is 2.10. The first kappa shape index (κ1) is 10.9. The Kier molecular flexibility index (Phi) is 4.98. The summed E-state index contributed by atoms with van der Waals surface area (Å²) in [5.74, 6) is -1.11. The molecule has 0 aliphatic carbocycles. The van der Waals surface area contributed by atoms with E-state index in [0.29, 0.717) is 6.42 Å². The lowest BCUT2D eigenvalue weighted by molar-refractivity contribution is -0.139. The van der Waals surface area contributed by atoms with E-state index in [1.807, 2.05) is 5.48 Å². The molecule has 6 heteroatoms. The zero-order valence-electron chi connectivity index (χ0n) is 6.87. The molecule has 0 unspecified atom stereocenters. The third-order valence-corrected chi connectivity index (χ3v) is 1.16. The topological polar surface area (TPSA) is 107 Å². The van der Waals surface area contributed by atoms with E-state index in [1.54, 1.807) is 6.92 Å². The summed E-state index contributed by atoms with van der Waals surface area (Å²) in [5, 5.41) is 0. The van der Waals surface area contributed by atoms with Gasteiger partial charge in [-0.15, -0.1) is 0 Å². The second-order valence-electron chi connectivity index (χ2n) is 2.24. The van der Waals surface area contributed by atoms with E-state index in [2.05, 4.69) is 4.84 Å². The molecule has 0 fully saturated rings. The van der Waals surface area contributed by atoms with Crippen molar-refractivity contribution in [2.75, 3.05) is 6.61 Å². The molecule has 0 bridgehead atoms. The Bertz CT molecular complexity index is 171. The van der Waals surface area contributed by atoms with Gasteiger partial charge in [0.1, 0.15) is 0 Å². The van der Waals surface area contributed by atoms with Crippen LogP contribution in [0.4, 0.5) is 0 Å². The highest BCUT2D eigenvalue weighted by molar-refractivity contribution is 5.80. The number of primary amides is 1. The van der Waals surface area contributed by atoms with Crippen molar-refractivity contribution >= 4 is 11.8 Å². The first-order chi connectivity index (χ1) is 5.57. The summed E-state index contributed by atoms with van der Waals surface area (Å²) >= 11 is 0. The minimum Gasteiger partial charge on any atom is -0.368 e. The lowest BCUT2D eigenvalue weighted by atomic mass is 10.2. The van der Waals surface area contributed by atoms with Gasteiger partial charge in [0.2, 0.25) is 5.91 Å². The van der Waals surface area contributed by atoms with Crippen molar-refractivity contribution in [1.29, 1.82) is 0 Å². The number of carbonyl (C=O) groups is 2. The van der Waals surface area contributed by atoms with E-state index in [4.69, 9.17) is 11.5 Å². The van der Waals surface area contributed by atoms with Crippen molar-refractivity contribution in [3.63, 3.8) is 0 Å². The molecular formula is C6H13N3O3. The van der Waals surface area contributed by atoms with Crippen molar-refractivity contribution in [1.82, 2.24) is 5.48 Å². The number of nitrogens with one attached hydrogen (secondary N) is 1. The summed E-state index contributed by atoms with van der Waals surface area (Å²) in [7, 11) is 0. The molecular weight excluding hydrogens is 162 g/mol. The molecule has 5 N–H and O–H groups in total. The van der Waals surface area contributed by atoms with Crippen LogP contribution in [0.15, 0.2) is 0 Å². The van der Waals surface area contributed by atoms with Crippen molar-refractivity contribution in [2.45, 2.75) is 19.4 Å². The molecule has 0 aromatic heterocycles. The van der Waals surface area contributed by atoms with Crippen molar-refractivity contribution in [3.8, 4) is 0 Å². The number of nitrogens with two attached hydrogens (primary N) is 2. The Morgan fingerprint density at radius 1 is 1.58 bits per heavy atom. The first-order valence-electron chi connectivity index (χ1n) is 3.53. The summed E-state index contributed by atoms with van der Waals surface area (Å²) in [6.45, 7) is 1.42. The lowest BCUT2D eigenvalue weighted by Crippen LogP contribution is -2.41. The number of hydrogen-bond donors (Lipinski definition) is 3. The van der Waals surface area contributed by atoms with Crippen molar-refractivity contribution in [3.05, 3.63) is 0 Å². The number of hydroxylamine groups is 1. The normalized spacial score (nSPS) is 12.2. The van der Waals surface area contributed by atoms with E-state index < -0.39 is 17.9 Å². The molecule has 0 aromatic rings. The van der Waals surface area contributed by atoms with E-state index >= 15 is 0 Å². The van der Waals surface area contributed by atoms with E-state index in [9.17, 15) is 9.59 Å². The smallest absolute Gasteiger partial charge is 0.260 e. The maximum atomic E-state index is 10.8. The summed E-state index contributed by atoms with van der Waals surface area (Å²) in [5.41, 5.74) is 12.1. The van der Waals surface area contributed by atoms with E-state index in [0.717, 1.165) is 0 Å². The molecule has 0 aromatic carbocycles. The fourth-order valence-electron chi connectivity index (χ4n) is 0.439. The fourth-order valence-corrected chi connectivity index (χ4v) is 0.439. The van der Waals surface area contributed by atoms with Gasteiger partial charge in [-0.25, -0.2) is 5.48 Å². The Labute approximate surface area is 70.2 Å². The second kappa shape index (κ2) is 5.50. The van der Waals surface area contributed by atoms with Gasteiger partial charge in [0.15, 0.2) is 6.61 Å². The highest BCUT2D eigenvalue weighted by atomic mass is 16.7. The summed E-state index contributed by atoms with van der Waals surface area (Å²) < 4.78 is 0. The average molecular weight is 175 g/mol. The average Bonchev–Trinajstić information content (AvgIpc) is 2.02. The van der Waals surface area contributed by atoms with E-state index in [-0.39, 0.29) is 6.61 Å².